The molecule has 0 spiro atoms. The van der Waals surface area contributed by atoms with E-state index in [1.54, 1.807) is 4.90 Å². The highest BCUT2D eigenvalue weighted by Gasteiger charge is 2.40. The van der Waals surface area contributed by atoms with Crippen LogP contribution in [0.2, 0.25) is 0 Å². The predicted molar refractivity (Wildman–Crippen MR) is 108 cm³/mol. The van der Waals surface area contributed by atoms with Crippen molar-refractivity contribution in [2.24, 2.45) is 17.6 Å². The predicted octanol–water partition coefficient (Wildman–Crippen LogP) is 0.290. The van der Waals surface area contributed by atoms with E-state index in [1.807, 2.05) is 12.1 Å². The van der Waals surface area contributed by atoms with Gasteiger partial charge in [0.15, 0.2) is 0 Å². The number of imide groups is 1. The third-order valence-electron chi connectivity index (χ3n) is 7.02. The Morgan fingerprint density at radius 3 is 2.67 bits per heavy atom. The molecule has 0 aromatic heterocycles. The maximum Gasteiger partial charge on any atom is 0.255 e. The van der Waals surface area contributed by atoms with E-state index >= 15 is 0 Å². The van der Waals surface area contributed by atoms with Crippen molar-refractivity contribution in [2.75, 3.05) is 13.2 Å². The van der Waals surface area contributed by atoms with Gasteiger partial charge in [-0.15, -0.1) is 0 Å². The molecule has 3 fully saturated rings. The number of hydrogen-bond donors (Lipinski definition) is 3. The number of nitrogens with one attached hydrogen (secondary N) is 2. The maximum absolute atomic E-state index is 12.8. The van der Waals surface area contributed by atoms with E-state index in [0.29, 0.717) is 36.4 Å². The van der Waals surface area contributed by atoms with E-state index in [-0.39, 0.29) is 30.2 Å². The van der Waals surface area contributed by atoms with E-state index in [0.717, 1.165) is 43.7 Å². The minimum atomic E-state index is -0.574. The molecule has 8 nitrogen and oxygen atoms in total. The van der Waals surface area contributed by atoms with Crippen LogP contribution in [0.25, 0.3) is 0 Å². The number of fused-ring (bicyclic) bond motifs is 3. The van der Waals surface area contributed by atoms with Crippen LogP contribution in [-0.4, -0.2) is 54.0 Å². The van der Waals surface area contributed by atoms with E-state index in [4.69, 9.17) is 10.5 Å². The maximum atomic E-state index is 12.8. The van der Waals surface area contributed by atoms with Gasteiger partial charge in [0.2, 0.25) is 11.8 Å². The van der Waals surface area contributed by atoms with Crippen LogP contribution in [0, 0.1) is 11.8 Å². The molecule has 5 rings (SSSR count). The van der Waals surface area contributed by atoms with Crippen LogP contribution in [0.1, 0.15) is 47.2 Å². The molecule has 4 aliphatic rings. The second kappa shape index (κ2) is 7.76. The number of benzene rings is 1. The van der Waals surface area contributed by atoms with Crippen LogP contribution in [0.15, 0.2) is 18.2 Å². The lowest BCUT2D eigenvalue weighted by Gasteiger charge is -2.45. The van der Waals surface area contributed by atoms with Gasteiger partial charge in [0.25, 0.3) is 5.91 Å². The summed E-state index contributed by atoms with van der Waals surface area (Å²) in [4.78, 5) is 38.0. The van der Waals surface area contributed by atoms with Gasteiger partial charge in [-0.1, -0.05) is 12.1 Å². The van der Waals surface area contributed by atoms with Crippen LogP contribution in [0.5, 0.6) is 0 Å². The van der Waals surface area contributed by atoms with Crippen LogP contribution in [-0.2, 0) is 27.4 Å². The Morgan fingerprint density at radius 2 is 1.93 bits per heavy atom. The Bertz CT molecular complexity index is 874. The van der Waals surface area contributed by atoms with Crippen LogP contribution in [0.3, 0.4) is 0 Å². The third-order valence-corrected chi connectivity index (χ3v) is 7.02. The summed E-state index contributed by atoms with van der Waals surface area (Å²) in [6, 6.07) is 6.02. The number of hydrogen-bond acceptors (Lipinski definition) is 6. The zero-order valence-electron chi connectivity index (χ0n) is 16.9. The highest BCUT2D eigenvalue weighted by Crippen LogP contribution is 2.34. The standard InChI is InChI=1S/C22H28N4O4/c23-16-6-14-10-30-11-15(7-16)20(14)24-8-12-1-2-17-13(5-12)9-26(22(17)29)18-3-4-19(27)25-21(18)28/h1-2,5,14-16,18,20,24H,3-4,6-11,23H2,(H,25,27,28)/t14-,15+,16?,18?,20?. The first-order chi connectivity index (χ1) is 14.5. The largest absolute Gasteiger partial charge is 0.381 e. The summed E-state index contributed by atoms with van der Waals surface area (Å²) >= 11 is 0. The third kappa shape index (κ3) is 3.53. The number of ether oxygens (including phenoxy) is 1. The number of rotatable bonds is 4. The summed E-state index contributed by atoms with van der Waals surface area (Å²) in [5.41, 5.74) is 8.91. The molecule has 160 valence electrons. The van der Waals surface area contributed by atoms with Crippen molar-refractivity contribution in [3.05, 3.63) is 34.9 Å². The lowest BCUT2D eigenvalue weighted by atomic mass is 9.73. The van der Waals surface area contributed by atoms with Crippen molar-refractivity contribution in [3.8, 4) is 0 Å². The topological polar surface area (TPSA) is 114 Å². The molecule has 3 unspecified atom stereocenters. The molecule has 8 heteroatoms. The van der Waals surface area contributed by atoms with Gasteiger partial charge in [-0.25, -0.2) is 0 Å². The summed E-state index contributed by atoms with van der Waals surface area (Å²) in [5, 5.41) is 6.06. The zero-order chi connectivity index (χ0) is 20.8. The Balaban J connectivity index is 1.26. The second-order valence-electron chi connectivity index (χ2n) is 9.09. The van der Waals surface area contributed by atoms with Crippen LogP contribution in [0.4, 0.5) is 0 Å². The fourth-order valence-corrected chi connectivity index (χ4v) is 5.57. The Labute approximate surface area is 175 Å². The molecule has 3 heterocycles. The smallest absolute Gasteiger partial charge is 0.255 e. The summed E-state index contributed by atoms with van der Waals surface area (Å²) in [6.45, 7) is 2.67. The van der Waals surface area contributed by atoms with Gasteiger partial charge in [0, 0.05) is 37.2 Å². The van der Waals surface area contributed by atoms with Crippen molar-refractivity contribution in [1.29, 1.82) is 0 Å². The minimum Gasteiger partial charge on any atom is -0.381 e. The van der Waals surface area contributed by atoms with Gasteiger partial charge in [0.1, 0.15) is 6.04 Å². The van der Waals surface area contributed by atoms with Gasteiger partial charge in [-0.3, -0.25) is 19.7 Å². The normalized spacial score (nSPS) is 33.4. The van der Waals surface area contributed by atoms with Gasteiger partial charge in [-0.05, 0) is 48.3 Å². The minimum absolute atomic E-state index is 0.132. The van der Waals surface area contributed by atoms with Crippen molar-refractivity contribution in [1.82, 2.24) is 15.5 Å². The molecule has 1 aromatic rings. The lowest BCUT2D eigenvalue weighted by molar-refractivity contribution is -0.136. The van der Waals surface area contributed by atoms with Crippen molar-refractivity contribution < 1.29 is 19.1 Å². The monoisotopic (exact) mass is 412 g/mol. The quantitative estimate of drug-likeness (QED) is 0.613. The van der Waals surface area contributed by atoms with Gasteiger partial charge in [0.05, 0.1) is 13.2 Å². The second-order valence-corrected chi connectivity index (χ2v) is 9.09. The van der Waals surface area contributed by atoms with Gasteiger partial charge >= 0.3 is 0 Å². The Hall–Kier alpha value is -2.29. The first-order valence-electron chi connectivity index (χ1n) is 10.8. The summed E-state index contributed by atoms with van der Waals surface area (Å²) in [6.07, 6.45) is 2.64. The van der Waals surface area contributed by atoms with Gasteiger partial charge in [-0.2, -0.15) is 0 Å². The molecule has 30 heavy (non-hydrogen) atoms. The average Bonchev–Trinajstić information content (AvgIpc) is 3.02. The van der Waals surface area contributed by atoms with Crippen LogP contribution >= 0.6 is 0 Å². The average molecular weight is 412 g/mol. The van der Waals surface area contributed by atoms with E-state index in [1.165, 1.54) is 0 Å². The highest BCUT2D eigenvalue weighted by molar-refractivity contribution is 6.05. The summed E-state index contributed by atoms with van der Waals surface area (Å²) < 4.78 is 5.73. The van der Waals surface area contributed by atoms with E-state index < -0.39 is 6.04 Å². The van der Waals surface area contributed by atoms with Crippen molar-refractivity contribution in [3.63, 3.8) is 0 Å². The molecule has 1 aliphatic carbocycles. The molecule has 4 N–H and O–H groups in total. The SMILES string of the molecule is NC1C[C@H]2COC[C@@H](C1)C2NCc1ccc2c(c1)CN(C1CCC(=O)NC1=O)C2=O. The number of nitrogens with zero attached hydrogens (tertiary/aromatic N) is 1. The number of carbonyl (C=O) groups excluding carboxylic acids is 3. The zero-order valence-corrected chi connectivity index (χ0v) is 16.9. The number of carbonyl (C=O) groups is 3. The molecule has 2 saturated heterocycles. The number of amides is 3. The summed E-state index contributed by atoms with van der Waals surface area (Å²) in [7, 11) is 0. The Kier molecular flexibility index (Phi) is 5.08. The fourth-order valence-electron chi connectivity index (χ4n) is 5.57. The van der Waals surface area contributed by atoms with Crippen molar-refractivity contribution in [2.45, 2.75) is 56.9 Å². The molecule has 1 aromatic carbocycles. The first kappa shape index (κ1) is 19.7. The molecule has 3 amide bonds. The number of piperidine rings is 1. The molecule has 3 aliphatic heterocycles. The molecule has 2 bridgehead atoms. The fraction of sp³-hybridized carbons (Fsp3) is 0.591. The molecular weight excluding hydrogens is 384 g/mol. The molecule has 1 saturated carbocycles. The molecule has 0 radical (unpaired) electrons. The van der Waals surface area contributed by atoms with Gasteiger partial charge < -0.3 is 20.7 Å². The molecular formula is C22H28N4O4. The van der Waals surface area contributed by atoms with Crippen molar-refractivity contribution >= 4 is 17.7 Å². The number of nitrogens with two attached hydrogens (primary N) is 1. The lowest BCUT2D eigenvalue weighted by Crippen LogP contribution is -2.55. The van der Waals surface area contributed by atoms with E-state index in [9.17, 15) is 14.4 Å². The van der Waals surface area contributed by atoms with E-state index in [2.05, 4.69) is 16.7 Å². The summed E-state index contributed by atoms with van der Waals surface area (Å²) in [5.74, 6) is 0.121. The first-order valence-corrected chi connectivity index (χ1v) is 10.8. The Morgan fingerprint density at radius 1 is 1.17 bits per heavy atom. The van der Waals surface area contributed by atoms with Crippen LogP contribution < -0.4 is 16.4 Å². The highest BCUT2D eigenvalue weighted by atomic mass is 16.5. The molecule has 5 atom stereocenters.